The quantitative estimate of drug-likeness (QED) is 0.722. The van der Waals surface area contributed by atoms with Crippen molar-refractivity contribution in [2.45, 2.75) is 19.8 Å². The summed E-state index contributed by atoms with van der Waals surface area (Å²) in [6, 6.07) is 1.89. The molecule has 128 valence electrons. The molecule has 0 aliphatic carbocycles. The first kappa shape index (κ1) is 15.5. The van der Waals surface area contributed by atoms with Gasteiger partial charge in [-0.25, -0.2) is 19.5 Å². The summed E-state index contributed by atoms with van der Waals surface area (Å²) in [6.45, 7) is 3.51. The molecule has 0 bridgehead atoms. The number of aryl methyl sites for hydroxylation is 1. The van der Waals surface area contributed by atoms with Gasteiger partial charge in [0.2, 0.25) is 0 Å². The number of aromatic nitrogens is 5. The molecule has 0 saturated carbocycles. The predicted octanol–water partition coefficient (Wildman–Crippen LogP) is 1.49. The number of carbonyl (C=O) groups is 1. The number of piperidine rings is 1. The van der Waals surface area contributed by atoms with Crippen LogP contribution in [-0.2, 0) is 4.79 Å². The molecule has 8 nitrogen and oxygen atoms in total. The van der Waals surface area contributed by atoms with Gasteiger partial charge in [-0.3, -0.25) is 0 Å². The van der Waals surface area contributed by atoms with E-state index in [1.54, 1.807) is 10.7 Å². The van der Waals surface area contributed by atoms with Crippen molar-refractivity contribution < 1.29 is 4.79 Å². The molecule has 1 saturated heterocycles. The lowest BCUT2D eigenvalue weighted by molar-refractivity contribution is -0.111. The molecule has 1 aliphatic rings. The van der Waals surface area contributed by atoms with E-state index in [-0.39, 0.29) is 5.92 Å². The van der Waals surface area contributed by atoms with Gasteiger partial charge in [-0.1, -0.05) is 0 Å². The third-order valence-corrected chi connectivity index (χ3v) is 4.51. The molecule has 1 unspecified atom stereocenters. The van der Waals surface area contributed by atoms with Crippen LogP contribution in [0.5, 0.6) is 0 Å². The van der Waals surface area contributed by atoms with Crippen LogP contribution in [0.4, 0.5) is 11.6 Å². The van der Waals surface area contributed by atoms with Crippen molar-refractivity contribution >= 4 is 23.6 Å². The minimum atomic E-state index is 0.0545. The molecule has 8 heteroatoms. The second kappa shape index (κ2) is 6.12. The summed E-state index contributed by atoms with van der Waals surface area (Å²) in [6.07, 6.45) is 8.12. The molecule has 1 atom stereocenters. The molecule has 0 aromatic carbocycles. The first-order valence-electron chi connectivity index (χ1n) is 8.29. The van der Waals surface area contributed by atoms with Crippen LogP contribution >= 0.6 is 0 Å². The van der Waals surface area contributed by atoms with E-state index in [0.29, 0.717) is 29.3 Å². The fraction of sp³-hybridized carbons (Fsp3) is 0.353. The highest BCUT2D eigenvalue weighted by Crippen LogP contribution is 2.30. The summed E-state index contributed by atoms with van der Waals surface area (Å²) >= 11 is 0. The van der Waals surface area contributed by atoms with Crippen molar-refractivity contribution in [1.29, 1.82) is 0 Å². The topological polar surface area (TPSA) is 102 Å². The van der Waals surface area contributed by atoms with Crippen LogP contribution < -0.4 is 10.6 Å². The molecular weight excluding hydrogens is 318 g/mol. The van der Waals surface area contributed by atoms with E-state index in [2.05, 4.69) is 25.0 Å². The van der Waals surface area contributed by atoms with Crippen molar-refractivity contribution in [3.8, 4) is 11.3 Å². The van der Waals surface area contributed by atoms with Crippen LogP contribution in [-0.4, -0.2) is 43.9 Å². The smallest absolute Gasteiger partial charge is 0.166 e. The zero-order valence-corrected chi connectivity index (χ0v) is 14.0. The zero-order valence-electron chi connectivity index (χ0n) is 14.0. The Bertz CT molecular complexity index is 936. The van der Waals surface area contributed by atoms with Crippen LogP contribution in [0.1, 0.15) is 18.4 Å². The maximum atomic E-state index is 11.1. The third-order valence-electron chi connectivity index (χ3n) is 4.51. The molecule has 2 N–H and O–H groups in total. The average molecular weight is 337 g/mol. The molecule has 4 rings (SSSR count). The Balaban J connectivity index is 1.75. The molecule has 1 fully saturated rings. The Morgan fingerprint density at radius 1 is 1.32 bits per heavy atom. The molecular formula is C17H19N7O. The lowest BCUT2D eigenvalue weighted by atomic mass is 10.00. The number of rotatable bonds is 3. The van der Waals surface area contributed by atoms with E-state index < -0.39 is 0 Å². The van der Waals surface area contributed by atoms with E-state index in [0.717, 1.165) is 37.1 Å². The van der Waals surface area contributed by atoms with Gasteiger partial charge in [0.15, 0.2) is 11.5 Å². The average Bonchev–Trinajstić information content (AvgIpc) is 2.96. The SMILES string of the molecule is Cc1cnc2c(-c3cc(N4CCCC(C=O)C4)ncn3)c(N)nn2c1. The zero-order chi connectivity index (χ0) is 17.4. The van der Waals surface area contributed by atoms with Gasteiger partial charge < -0.3 is 15.4 Å². The Hall–Kier alpha value is -3.03. The van der Waals surface area contributed by atoms with Crippen LogP contribution in [0.15, 0.2) is 24.8 Å². The van der Waals surface area contributed by atoms with Gasteiger partial charge in [-0.15, -0.1) is 5.10 Å². The molecule has 25 heavy (non-hydrogen) atoms. The number of anilines is 2. The van der Waals surface area contributed by atoms with Crippen molar-refractivity contribution in [2.75, 3.05) is 23.7 Å². The third kappa shape index (κ3) is 2.79. The predicted molar refractivity (Wildman–Crippen MR) is 94.2 cm³/mol. The number of nitrogen functional groups attached to an aromatic ring is 1. The van der Waals surface area contributed by atoms with Crippen LogP contribution in [0, 0.1) is 12.8 Å². The first-order chi connectivity index (χ1) is 12.2. The van der Waals surface area contributed by atoms with Crippen LogP contribution in [0.2, 0.25) is 0 Å². The van der Waals surface area contributed by atoms with Gasteiger partial charge in [-0.05, 0) is 25.3 Å². The van der Waals surface area contributed by atoms with Gasteiger partial charge >= 0.3 is 0 Å². The van der Waals surface area contributed by atoms with Gasteiger partial charge in [0.1, 0.15) is 18.4 Å². The number of nitrogens with zero attached hydrogens (tertiary/aromatic N) is 6. The van der Waals surface area contributed by atoms with E-state index in [1.165, 1.54) is 6.33 Å². The number of carbonyl (C=O) groups excluding carboxylic acids is 1. The van der Waals surface area contributed by atoms with E-state index in [1.807, 2.05) is 19.2 Å². The van der Waals surface area contributed by atoms with Crippen molar-refractivity contribution in [1.82, 2.24) is 24.6 Å². The highest BCUT2D eigenvalue weighted by molar-refractivity contribution is 5.85. The highest BCUT2D eigenvalue weighted by atomic mass is 16.1. The molecule has 3 aromatic rings. The summed E-state index contributed by atoms with van der Waals surface area (Å²) < 4.78 is 1.67. The second-order valence-corrected chi connectivity index (χ2v) is 6.41. The van der Waals surface area contributed by atoms with Crippen molar-refractivity contribution in [3.05, 3.63) is 30.4 Å². The molecule has 1 aliphatic heterocycles. The standard InChI is InChI=1S/C17H19N7O/c1-11-6-19-17-15(16(18)22-24(17)7-11)13-5-14(21-10-20-13)23-4-2-3-12(8-23)9-25/h5-7,9-10,12H,2-4,8H2,1H3,(H2,18,22). The van der Waals surface area contributed by atoms with Crippen molar-refractivity contribution in [2.24, 2.45) is 5.92 Å². The fourth-order valence-corrected chi connectivity index (χ4v) is 3.28. The molecule has 0 amide bonds. The largest absolute Gasteiger partial charge is 0.382 e. The Labute approximate surface area is 144 Å². The maximum Gasteiger partial charge on any atom is 0.166 e. The van der Waals surface area contributed by atoms with Gasteiger partial charge in [0.25, 0.3) is 0 Å². The minimum Gasteiger partial charge on any atom is -0.382 e. The van der Waals surface area contributed by atoms with E-state index in [9.17, 15) is 4.79 Å². The Morgan fingerprint density at radius 3 is 3.04 bits per heavy atom. The second-order valence-electron chi connectivity index (χ2n) is 6.41. The van der Waals surface area contributed by atoms with Gasteiger partial charge in [0, 0.05) is 37.5 Å². The summed E-state index contributed by atoms with van der Waals surface area (Å²) in [5.41, 5.74) is 9.16. The maximum absolute atomic E-state index is 11.1. The number of fused-ring (bicyclic) bond motifs is 1. The lowest BCUT2D eigenvalue weighted by Gasteiger charge is -2.31. The monoisotopic (exact) mass is 337 g/mol. The van der Waals surface area contributed by atoms with Crippen molar-refractivity contribution in [3.63, 3.8) is 0 Å². The number of nitrogens with two attached hydrogens (primary N) is 1. The minimum absolute atomic E-state index is 0.0545. The normalized spacial score (nSPS) is 17.8. The van der Waals surface area contributed by atoms with Crippen LogP contribution in [0.25, 0.3) is 16.9 Å². The van der Waals surface area contributed by atoms with E-state index >= 15 is 0 Å². The molecule has 0 radical (unpaired) electrons. The van der Waals surface area contributed by atoms with E-state index in [4.69, 9.17) is 5.73 Å². The van der Waals surface area contributed by atoms with Gasteiger partial charge in [-0.2, -0.15) is 0 Å². The Kier molecular flexibility index (Phi) is 3.79. The van der Waals surface area contributed by atoms with Gasteiger partial charge in [0.05, 0.1) is 11.3 Å². The number of hydrogen-bond acceptors (Lipinski definition) is 7. The summed E-state index contributed by atoms with van der Waals surface area (Å²) in [5, 5.41) is 4.33. The number of hydrogen-bond donors (Lipinski definition) is 1. The summed E-state index contributed by atoms with van der Waals surface area (Å²) in [5.74, 6) is 1.23. The highest BCUT2D eigenvalue weighted by Gasteiger charge is 2.22. The molecule has 0 spiro atoms. The summed E-state index contributed by atoms with van der Waals surface area (Å²) in [4.78, 5) is 26.4. The first-order valence-corrected chi connectivity index (χ1v) is 8.29. The molecule has 3 aromatic heterocycles. The summed E-state index contributed by atoms with van der Waals surface area (Å²) in [7, 11) is 0. The fourth-order valence-electron chi connectivity index (χ4n) is 3.28. The Morgan fingerprint density at radius 2 is 2.20 bits per heavy atom. The number of aldehydes is 1. The molecule has 4 heterocycles. The van der Waals surface area contributed by atoms with Crippen LogP contribution in [0.3, 0.4) is 0 Å². The lowest BCUT2D eigenvalue weighted by Crippen LogP contribution is -2.36.